The van der Waals surface area contributed by atoms with E-state index in [9.17, 15) is 19.2 Å². The van der Waals surface area contributed by atoms with Crippen molar-refractivity contribution in [2.24, 2.45) is 10.2 Å². The Bertz CT molecular complexity index is 913. The van der Waals surface area contributed by atoms with Crippen molar-refractivity contribution >= 4 is 35.3 Å². The summed E-state index contributed by atoms with van der Waals surface area (Å²) in [6.45, 7) is 0. The Morgan fingerprint density at radius 2 is 0.917 bits per heavy atom. The maximum atomic E-state index is 11.5. The molecule has 0 aromatic heterocycles. The number of benzene rings is 2. The molecule has 0 fully saturated rings. The molecule has 2 aromatic rings. The zero-order valence-corrected chi connectivity index (χ0v) is 11.8. The maximum Gasteiger partial charge on any atom is 0.346 e. The molecule has 0 bridgehead atoms. The Morgan fingerprint density at radius 3 is 1.33 bits per heavy atom. The van der Waals surface area contributed by atoms with Gasteiger partial charge in [0.1, 0.15) is 0 Å². The number of ether oxygens (including phenoxy) is 2. The molecule has 2 aromatic carbocycles. The van der Waals surface area contributed by atoms with Gasteiger partial charge < -0.3 is 9.47 Å². The van der Waals surface area contributed by atoms with E-state index in [4.69, 9.17) is 0 Å². The molecule has 0 saturated carbocycles. The highest BCUT2D eigenvalue weighted by atomic mass is 16.6. The number of carbonyl (C=O) groups excluding carboxylic acids is 4. The van der Waals surface area contributed by atoms with Crippen molar-refractivity contribution in [1.82, 2.24) is 0 Å². The molecule has 8 heteroatoms. The minimum absolute atomic E-state index is 0.125. The van der Waals surface area contributed by atoms with Crippen LogP contribution in [0.15, 0.2) is 46.6 Å². The van der Waals surface area contributed by atoms with E-state index in [1.807, 2.05) is 0 Å². The Morgan fingerprint density at radius 1 is 0.542 bits per heavy atom. The first-order chi connectivity index (χ1) is 11.5. The van der Waals surface area contributed by atoms with E-state index in [-0.39, 0.29) is 22.3 Å². The summed E-state index contributed by atoms with van der Waals surface area (Å²) in [6, 6.07) is 8.64. The summed E-state index contributed by atoms with van der Waals surface area (Å²) >= 11 is 0. The lowest BCUT2D eigenvalue weighted by Gasteiger charge is -1.97. The zero-order valence-electron chi connectivity index (χ0n) is 11.8. The van der Waals surface area contributed by atoms with Gasteiger partial charge in [-0.05, 0) is 36.4 Å². The summed E-state index contributed by atoms with van der Waals surface area (Å²) in [5.41, 5.74) is 1.27. The summed E-state index contributed by atoms with van der Waals surface area (Å²) in [4.78, 5) is 45.7. The minimum Gasteiger partial charge on any atom is -0.386 e. The number of carbonyl (C=O) groups is 4. The number of nitrogens with zero attached hydrogens (tertiary/aromatic N) is 2. The van der Waals surface area contributed by atoms with Crippen LogP contribution >= 0.6 is 0 Å². The smallest absolute Gasteiger partial charge is 0.346 e. The molecule has 0 N–H and O–H groups in total. The second kappa shape index (κ2) is 4.92. The normalized spacial score (nSPS) is 15.5. The topological polar surface area (TPSA) is 111 Å². The van der Waals surface area contributed by atoms with Crippen molar-refractivity contribution in [3.8, 4) is 0 Å². The number of esters is 4. The van der Waals surface area contributed by atoms with Gasteiger partial charge in [0.05, 0.1) is 33.6 Å². The monoisotopic (exact) mass is 322 g/mol. The Balaban J connectivity index is 1.65. The fourth-order valence-corrected chi connectivity index (χ4v) is 2.39. The summed E-state index contributed by atoms with van der Waals surface area (Å²) in [5, 5.41) is 7.90. The summed E-state index contributed by atoms with van der Waals surface area (Å²) < 4.78 is 8.98. The van der Waals surface area contributed by atoms with Crippen LogP contribution < -0.4 is 0 Å². The van der Waals surface area contributed by atoms with Crippen LogP contribution in [-0.4, -0.2) is 23.9 Å². The second-order valence-electron chi connectivity index (χ2n) is 5.01. The van der Waals surface area contributed by atoms with Crippen molar-refractivity contribution in [2.45, 2.75) is 0 Å². The van der Waals surface area contributed by atoms with Crippen LogP contribution in [0.2, 0.25) is 0 Å². The lowest BCUT2D eigenvalue weighted by molar-refractivity contribution is 0.0425. The third kappa shape index (κ3) is 2.09. The average Bonchev–Trinajstić information content (AvgIpc) is 3.02. The van der Waals surface area contributed by atoms with Gasteiger partial charge in [0.25, 0.3) is 0 Å². The van der Waals surface area contributed by atoms with Crippen LogP contribution in [-0.2, 0) is 9.47 Å². The van der Waals surface area contributed by atoms with Gasteiger partial charge in [-0.15, -0.1) is 0 Å². The number of hydrogen-bond donors (Lipinski definition) is 0. The van der Waals surface area contributed by atoms with E-state index in [1.165, 1.54) is 36.4 Å². The van der Waals surface area contributed by atoms with Crippen LogP contribution in [0, 0.1) is 0 Å². The van der Waals surface area contributed by atoms with E-state index in [0.717, 1.165) is 0 Å². The highest BCUT2D eigenvalue weighted by Gasteiger charge is 2.30. The SMILES string of the molecule is O=C1OC(=O)c2cc(/N=N/c3ccc4c(c3)C(=O)OC4=O)ccc21. The molecule has 2 heterocycles. The molecular formula is C16H6N2O6. The van der Waals surface area contributed by atoms with Gasteiger partial charge in [0.15, 0.2) is 0 Å². The molecule has 2 aliphatic rings. The van der Waals surface area contributed by atoms with Gasteiger partial charge in [0.2, 0.25) is 0 Å². The number of fused-ring (bicyclic) bond motifs is 2. The number of azo groups is 1. The standard InChI is InChI=1S/C16H6N2O6/c19-13-9-3-1-7(5-11(9)15(21)23-13)17-18-8-2-4-10-12(6-8)16(22)24-14(10)20/h1-6H/b18-17+. The second-order valence-corrected chi connectivity index (χ2v) is 5.01. The highest BCUT2D eigenvalue weighted by Crippen LogP contribution is 2.28. The molecule has 4 rings (SSSR count). The molecule has 0 unspecified atom stereocenters. The highest BCUT2D eigenvalue weighted by molar-refractivity contribution is 6.15. The van der Waals surface area contributed by atoms with E-state index >= 15 is 0 Å². The predicted molar refractivity (Wildman–Crippen MR) is 76.6 cm³/mol. The van der Waals surface area contributed by atoms with Crippen molar-refractivity contribution in [1.29, 1.82) is 0 Å². The van der Waals surface area contributed by atoms with Crippen molar-refractivity contribution in [3.63, 3.8) is 0 Å². The molecule has 0 aliphatic carbocycles. The van der Waals surface area contributed by atoms with Crippen LogP contribution in [0.1, 0.15) is 41.4 Å². The summed E-state index contributed by atoms with van der Waals surface area (Å²) in [5.74, 6) is -2.85. The van der Waals surface area contributed by atoms with E-state index in [2.05, 4.69) is 19.7 Å². The summed E-state index contributed by atoms with van der Waals surface area (Å²) in [6.07, 6.45) is 0. The van der Waals surface area contributed by atoms with Gasteiger partial charge in [-0.1, -0.05) is 0 Å². The summed E-state index contributed by atoms with van der Waals surface area (Å²) in [7, 11) is 0. The molecule has 8 nitrogen and oxygen atoms in total. The van der Waals surface area contributed by atoms with E-state index in [1.54, 1.807) is 0 Å². The Hall–Kier alpha value is -3.68. The molecule has 2 aliphatic heterocycles. The third-order valence-corrected chi connectivity index (χ3v) is 3.54. The first-order valence-corrected chi connectivity index (χ1v) is 6.76. The van der Waals surface area contributed by atoms with Crippen LogP contribution in [0.4, 0.5) is 11.4 Å². The molecule has 0 amide bonds. The molecular weight excluding hydrogens is 316 g/mol. The lowest BCUT2D eigenvalue weighted by atomic mass is 10.1. The third-order valence-electron chi connectivity index (χ3n) is 3.54. The quantitative estimate of drug-likeness (QED) is 0.477. The number of hydrogen-bond acceptors (Lipinski definition) is 8. The van der Waals surface area contributed by atoms with Crippen molar-refractivity contribution in [2.75, 3.05) is 0 Å². The average molecular weight is 322 g/mol. The predicted octanol–water partition coefficient (Wildman–Crippen LogP) is 2.72. The molecule has 116 valence electrons. The maximum absolute atomic E-state index is 11.5. The van der Waals surface area contributed by atoms with Gasteiger partial charge in [-0.2, -0.15) is 10.2 Å². The fourth-order valence-electron chi connectivity index (χ4n) is 2.39. The van der Waals surface area contributed by atoms with E-state index < -0.39 is 23.9 Å². The first kappa shape index (κ1) is 13.9. The molecule has 24 heavy (non-hydrogen) atoms. The number of rotatable bonds is 2. The fraction of sp³-hybridized carbons (Fsp3) is 0. The van der Waals surface area contributed by atoms with Crippen LogP contribution in [0.5, 0.6) is 0 Å². The molecule has 0 saturated heterocycles. The lowest BCUT2D eigenvalue weighted by Crippen LogP contribution is -1.96. The van der Waals surface area contributed by atoms with Gasteiger partial charge >= 0.3 is 23.9 Å². The zero-order chi connectivity index (χ0) is 16.8. The number of cyclic esters (lactones) is 4. The van der Waals surface area contributed by atoms with E-state index in [0.29, 0.717) is 11.4 Å². The van der Waals surface area contributed by atoms with Crippen LogP contribution in [0.3, 0.4) is 0 Å². The minimum atomic E-state index is -0.731. The van der Waals surface area contributed by atoms with Gasteiger partial charge in [-0.3, -0.25) is 0 Å². The van der Waals surface area contributed by atoms with Crippen molar-refractivity contribution in [3.05, 3.63) is 58.7 Å². The largest absolute Gasteiger partial charge is 0.386 e. The molecule has 0 atom stereocenters. The van der Waals surface area contributed by atoms with Gasteiger partial charge in [-0.25, -0.2) is 19.2 Å². The van der Waals surface area contributed by atoms with Crippen molar-refractivity contribution < 1.29 is 28.7 Å². The molecule has 0 radical (unpaired) electrons. The first-order valence-electron chi connectivity index (χ1n) is 6.76. The molecule has 0 spiro atoms. The Labute approximate surface area is 133 Å². The van der Waals surface area contributed by atoms with Crippen LogP contribution in [0.25, 0.3) is 0 Å². The van der Waals surface area contributed by atoms with Gasteiger partial charge in [0, 0.05) is 0 Å². The Kier molecular flexibility index (Phi) is 2.86.